The van der Waals surface area contributed by atoms with Gasteiger partial charge in [0.05, 0.1) is 23.0 Å². The quantitative estimate of drug-likeness (QED) is 0.584. The number of fused-ring (bicyclic) bond motifs is 1. The Balaban J connectivity index is 2.05. The van der Waals surface area contributed by atoms with Crippen LogP contribution in [0.3, 0.4) is 0 Å². The highest BCUT2D eigenvalue weighted by Crippen LogP contribution is 2.40. The van der Waals surface area contributed by atoms with Gasteiger partial charge in [-0.25, -0.2) is 9.78 Å². The van der Waals surface area contributed by atoms with Gasteiger partial charge in [0.2, 0.25) is 0 Å². The molecule has 0 N–H and O–H groups in total. The van der Waals surface area contributed by atoms with Gasteiger partial charge in [0, 0.05) is 10.4 Å². The van der Waals surface area contributed by atoms with Crippen LogP contribution in [0.1, 0.15) is 50.4 Å². The van der Waals surface area contributed by atoms with Crippen molar-refractivity contribution in [3.8, 4) is 17.0 Å². The molecule has 2 unspecified atom stereocenters. The van der Waals surface area contributed by atoms with E-state index in [1.807, 2.05) is 59.7 Å². The Labute approximate surface area is 182 Å². The zero-order valence-electron chi connectivity index (χ0n) is 18.5. The fraction of sp³-hybridized carbons (Fsp3) is 0.522. The summed E-state index contributed by atoms with van der Waals surface area (Å²) in [6, 6.07) is 5.03. The number of esters is 1. The molecule has 6 nitrogen and oxygen atoms in total. The molecule has 1 amide bonds. The Morgan fingerprint density at radius 1 is 1.30 bits per heavy atom. The molecule has 0 saturated carbocycles. The molecule has 2 aromatic rings. The Kier molecular flexibility index (Phi) is 6.81. The molecule has 162 valence electrons. The summed E-state index contributed by atoms with van der Waals surface area (Å²) in [5.41, 5.74) is 2.39. The van der Waals surface area contributed by atoms with Crippen LogP contribution in [0.2, 0.25) is 0 Å². The van der Waals surface area contributed by atoms with Crippen molar-refractivity contribution in [2.45, 2.75) is 66.5 Å². The van der Waals surface area contributed by atoms with Crippen molar-refractivity contribution >= 4 is 28.9 Å². The summed E-state index contributed by atoms with van der Waals surface area (Å²) in [5.74, 6) is 0.241. The smallest absolute Gasteiger partial charge is 0.329 e. The van der Waals surface area contributed by atoms with Crippen LogP contribution in [-0.2, 0) is 14.3 Å². The second kappa shape index (κ2) is 9.16. The fourth-order valence-corrected chi connectivity index (χ4v) is 4.45. The summed E-state index contributed by atoms with van der Waals surface area (Å²) in [5, 5.41) is 0.985. The molecule has 1 aliphatic rings. The number of thiazole rings is 1. The first-order chi connectivity index (χ1) is 14.3. The third kappa shape index (κ3) is 4.36. The molecule has 2 heterocycles. The number of rotatable bonds is 7. The van der Waals surface area contributed by atoms with Gasteiger partial charge in [-0.15, -0.1) is 11.3 Å². The first-order valence-corrected chi connectivity index (χ1v) is 11.3. The largest absolute Gasteiger partial charge is 0.478 e. The number of hydrogen-bond donors (Lipinski definition) is 0. The van der Waals surface area contributed by atoms with Crippen LogP contribution >= 0.6 is 11.3 Å². The van der Waals surface area contributed by atoms with Crippen LogP contribution < -0.4 is 9.64 Å². The Bertz CT molecular complexity index is 937. The lowest BCUT2D eigenvalue weighted by molar-refractivity contribution is -0.148. The maximum absolute atomic E-state index is 13.3. The third-order valence-electron chi connectivity index (χ3n) is 5.08. The topological polar surface area (TPSA) is 68.7 Å². The minimum Gasteiger partial charge on any atom is -0.478 e. The van der Waals surface area contributed by atoms with Crippen LogP contribution in [0.25, 0.3) is 11.3 Å². The van der Waals surface area contributed by atoms with Crippen molar-refractivity contribution in [3.63, 3.8) is 0 Å². The zero-order valence-corrected chi connectivity index (χ0v) is 19.3. The number of amides is 1. The van der Waals surface area contributed by atoms with E-state index in [9.17, 15) is 9.59 Å². The fourth-order valence-electron chi connectivity index (χ4n) is 3.61. The normalized spacial score (nSPS) is 17.0. The van der Waals surface area contributed by atoms with Gasteiger partial charge in [-0.1, -0.05) is 27.7 Å². The van der Waals surface area contributed by atoms with E-state index < -0.39 is 12.1 Å². The Morgan fingerprint density at radius 2 is 2.03 bits per heavy atom. The van der Waals surface area contributed by atoms with E-state index >= 15 is 0 Å². The SMILES string of the molecule is CCC1Oc2ccc(-c3nc(C)sc3C)cc2N(C(CC)C(=O)OCC(C)C)C1=O. The predicted molar refractivity (Wildman–Crippen MR) is 119 cm³/mol. The number of carbonyl (C=O) groups excluding carboxylic acids is 2. The number of ether oxygens (including phenoxy) is 2. The third-order valence-corrected chi connectivity index (χ3v) is 5.96. The van der Waals surface area contributed by atoms with Gasteiger partial charge < -0.3 is 9.47 Å². The van der Waals surface area contributed by atoms with Crippen LogP contribution in [0.4, 0.5) is 5.69 Å². The van der Waals surface area contributed by atoms with Crippen LogP contribution in [0, 0.1) is 19.8 Å². The van der Waals surface area contributed by atoms with Gasteiger partial charge in [-0.3, -0.25) is 9.69 Å². The van der Waals surface area contributed by atoms with E-state index in [0.29, 0.717) is 30.9 Å². The van der Waals surface area contributed by atoms with Crippen LogP contribution in [0.5, 0.6) is 5.75 Å². The molecule has 0 fully saturated rings. The maximum atomic E-state index is 13.3. The number of carbonyl (C=O) groups is 2. The summed E-state index contributed by atoms with van der Waals surface area (Å²) in [4.78, 5) is 33.5. The average Bonchev–Trinajstić information content (AvgIpc) is 3.05. The summed E-state index contributed by atoms with van der Waals surface area (Å²) in [6.07, 6.45) is 0.370. The van der Waals surface area contributed by atoms with Gasteiger partial charge >= 0.3 is 5.97 Å². The van der Waals surface area contributed by atoms with Gasteiger partial charge in [0.15, 0.2) is 6.10 Å². The maximum Gasteiger partial charge on any atom is 0.329 e. The van der Waals surface area contributed by atoms with Crippen LogP contribution in [-0.4, -0.2) is 35.6 Å². The lowest BCUT2D eigenvalue weighted by Crippen LogP contribution is -2.53. The van der Waals surface area contributed by atoms with E-state index in [0.717, 1.165) is 21.1 Å². The Hall–Kier alpha value is -2.41. The Morgan fingerprint density at radius 3 is 2.60 bits per heavy atom. The molecular formula is C23H30N2O4S. The first kappa shape index (κ1) is 22.3. The molecular weight excluding hydrogens is 400 g/mol. The predicted octanol–water partition coefficient (Wildman–Crippen LogP) is 4.91. The highest BCUT2D eigenvalue weighted by atomic mass is 32.1. The summed E-state index contributed by atoms with van der Waals surface area (Å²) in [7, 11) is 0. The van der Waals surface area contributed by atoms with Crippen molar-refractivity contribution in [1.29, 1.82) is 0 Å². The van der Waals surface area contributed by atoms with E-state index in [-0.39, 0.29) is 17.8 Å². The molecule has 1 aromatic heterocycles. The standard InChI is InChI=1S/C23H30N2O4S/c1-7-17(23(27)28-12-13(3)4)25-18-11-16(21-14(5)30-15(6)24-21)9-10-20(18)29-19(8-2)22(25)26/h9-11,13,17,19H,7-8,12H2,1-6H3. The molecule has 1 aliphatic heterocycles. The first-order valence-electron chi connectivity index (χ1n) is 10.5. The minimum absolute atomic E-state index is 0.207. The van der Waals surface area contributed by atoms with E-state index in [4.69, 9.17) is 9.47 Å². The highest BCUT2D eigenvalue weighted by Gasteiger charge is 2.40. The van der Waals surface area contributed by atoms with Gasteiger partial charge in [0.25, 0.3) is 5.91 Å². The number of aryl methyl sites for hydroxylation is 2. The number of aromatic nitrogens is 1. The van der Waals surface area contributed by atoms with E-state index in [1.54, 1.807) is 16.2 Å². The van der Waals surface area contributed by atoms with Crippen LogP contribution in [0.15, 0.2) is 18.2 Å². The molecule has 2 atom stereocenters. The molecule has 3 rings (SSSR count). The van der Waals surface area contributed by atoms with Crippen molar-refractivity contribution < 1.29 is 19.1 Å². The highest BCUT2D eigenvalue weighted by molar-refractivity contribution is 7.11. The molecule has 30 heavy (non-hydrogen) atoms. The van der Waals surface area contributed by atoms with Gasteiger partial charge in [-0.05, 0) is 50.8 Å². The van der Waals surface area contributed by atoms with Crippen molar-refractivity contribution in [2.75, 3.05) is 11.5 Å². The number of benzene rings is 1. The van der Waals surface area contributed by atoms with Gasteiger partial charge in [-0.2, -0.15) is 0 Å². The molecule has 1 aromatic carbocycles. The monoisotopic (exact) mass is 430 g/mol. The molecule has 0 spiro atoms. The molecule has 0 aliphatic carbocycles. The second-order valence-corrected chi connectivity index (χ2v) is 9.40. The molecule has 0 saturated heterocycles. The van der Waals surface area contributed by atoms with E-state index in [2.05, 4.69) is 4.98 Å². The summed E-state index contributed by atoms with van der Waals surface area (Å²) in [6.45, 7) is 12.1. The molecule has 0 radical (unpaired) electrons. The van der Waals surface area contributed by atoms with Crippen molar-refractivity contribution in [2.24, 2.45) is 5.92 Å². The summed E-state index contributed by atoms with van der Waals surface area (Å²) >= 11 is 1.63. The summed E-state index contributed by atoms with van der Waals surface area (Å²) < 4.78 is 11.5. The molecule has 0 bridgehead atoms. The average molecular weight is 431 g/mol. The van der Waals surface area contributed by atoms with Crippen molar-refractivity contribution in [1.82, 2.24) is 4.98 Å². The number of anilines is 1. The molecule has 7 heteroatoms. The second-order valence-electron chi connectivity index (χ2n) is 7.99. The van der Waals surface area contributed by atoms with E-state index in [1.165, 1.54) is 0 Å². The lowest BCUT2D eigenvalue weighted by atomic mass is 10.0. The van der Waals surface area contributed by atoms with Gasteiger partial charge in [0.1, 0.15) is 11.8 Å². The number of hydrogen-bond acceptors (Lipinski definition) is 6. The van der Waals surface area contributed by atoms with Crippen molar-refractivity contribution in [3.05, 3.63) is 28.1 Å². The number of nitrogens with zero attached hydrogens (tertiary/aromatic N) is 2. The zero-order chi connectivity index (χ0) is 22.0. The lowest BCUT2D eigenvalue weighted by Gasteiger charge is -2.38. The minimum atomic E-state index is -0.693.